The van der Waals surface area contributed by atoms with E-state index in [0.29, 0.717) is 6.67 Å². The number of hydrogen-bond acceptors (Lipinski definition) is 2. The maximum atomic E-state index is 11.8. The highest BCUT2D eigenvalue weighted by molar-refractivity contribution is 5.75. The average Bonchev–Trinajstić information content (AvgIpc) is 2.89. The molecule has 20 heavy (non-hydrogen) atoms. The lowest BCUT2D eigenvalue weighted by Gasteiger charge is -2.22. The Morgan fingerprint density at radius 2 is 1.60 bits per heavy atom. The summed E-state index contributed by atoms with van der Waals surface area (Å²) < 4.78 is 0. The number of rotatable bonds is 9. The van der Waals surface area contributed by atoms with E-state index in [1.807, 2.05) is 12.4 Å². The first kappa shape index (κ1) is 16.9. The number of nitrogens with zero attached hydrogens (tertiary/aromatic N) is 3. The zero-order valence-corrected chi connectivity index (χ0v) is 13.5. The third-order valence-corrected chi connectivity index (χ3v) is 3.72. The molecule has 1 aliphatic heterocycles. The highest BCUT2D eigenvalue weighted by atomic mass is 16.2. The minimum atomic E-state index is 0.0553. The summed E-state index contributed by atoms with van der Waals surface area (Å²) in [6, 6.07) is 0.0553. The van der Waals surface area contributed by atoms with Crippen molar-refractivity contribution in [3.05, 3.63) is 12.4 Å². The van der Waals surface area contributed by atoms with Crippen LogP contribution in [0.4, 0.5) is 4.79 Å². The van der Waals surface area contributed by atoms with Crippen LogP contribution in [0.3, 0.4) is 0 Å². The van der Waals surface area contributed by atoms with Crippen LogP contribution in [0, 0.1) is 0 Å². The largest absolute Gasteiger partial charge is 0.358 e. The predicted molar refractivity (Wildman–Crippen MR) is 84.2 cm³/mol. The molecule has 0 radical (unpaired) electrons. The summed E-state index contributed by atoms with van der Waals surface area (Å²) in [7, 11) is 3.58. The molecule has 1 heterocycles. The first-order valence-electron chi connectivity index (χ1n) is 8.05. The molecule has 0 aliphatic carbocycles. The zero-order valence-electron chi connectivity index (χ0n) is 13.5. The van der Waals surface area contributed by atoms with Crippen LogP contribution in [-0.4, -0.2) is 48.0 Å². The van der Waals surface area contributed by atoms with E-state index in [2.05, 4.69) is 11.8 Å². The Balaban J connectivity index is 1.99. The molecule has 0 aromatic heterocycles. The van der Waals surface area contributed by atoms with Gasteiger partial charge in [-0.2, -0.15) is 0 Å². The molecule has 0 N–H and O–H groups in total. The fourth-order valence-electron chi connectivity index (χ4n) is 2.44. The van der Waals surface area contributed by atoms with E-state index in [1.165, 1.54) is 51.4 Å². The molecule has 2 amide bonds. The number of urea groups is 1. The topological polar surface area (TPSA) is 26.8 Å². The second kappa shape index (κ2) is 9.67. The fraction of sp³-hybridized carbons (Fsp3) is 0.812. The van der Waals surface area contributed by atoms with E-state index >= 15 is 0 Å². The van der Waals surface area contributed by atoms with Crippen LogP contribution in [0.1, 0.15) is 58.3 Å². The van der Waals surface area contributed by atoms with Crippen LogP contribution in [-0.2, 0) is 0 Å². The standard InChI is InChI=1S/C16H31N3O/c1-4-5-6-7-8-9-10-11-12-18-13-14-19(15-18)16(20)17(2)3/h13-14H,4-12,15H2,1-3H3. The van der Waals surface area contributed by atoms with Crippen LogP contribution in [0.5, 0.6) is 0 Å². The summed E-state index contributed by atoms with van der Waals surface area (Å²) in [5, 5.41) is 0. The van der Waals surface area contributed by atoms with Crippen molar-refractivity contribution in [3.63, 3.8) is 0 Å². The van der Waals surface area contributed by atoms with Crippen molar-refractivity contribution >= 4 is 6.03 Å². The van der Waals surface area contributed by atoms with Gasteiger partial charge in [0.2, 0.25) is 0 Å². The number of hydrogen-bond donors (Lipinski definition) is 0. The SMILES string of the molecule is CCCCCCCCCCN1C=CN(C(=O)N(C)C)C1. The van der Waals surface area contributed by atoms with E-state index in [-0.39, 0.29) is 6.03 Å². The summed E-state index contributed by atoms with van der Waals surface area (Å²) in [5.41, 5.74) is 0. The molecule has 1 rings (SSSR count). The molecule has 0 aromatic carbocycles. The molecule has 4 heteroatoms. The molecule has 1 aliphatic rings. The third-order valence-electron chi connectivity index (χ3n) is 3.72. The van der Waals surface area contributed by atoms with E-state index in [1.54, 1.807) is 23.9 Å². The zero-order chi connectivity index (χ0) is 14.8. The van der Waals surface area contributed by atoms with Crippen molar-refractivity contribution in [2.45, 2.75) is 58.3 Å². The second-order valence-corrected chi connectivity index (χ2v) is 5.87. The predicted octanol–water partition coefficient (Wildman–Crippen LogP) is 3.86. The molecular weight excluding hydrogens is 250 g/mol. The Morgan fingerprint density at radius 3 is 2.20 bits per heavy atom. The minimum Gasteiger partial charge on any atom is -0.358 e. The van der Waals surface area contributed by atoms with Crippen molar-refractivity contribution in [1.29, 1.82) is 0 Å². The van der Waals surface area contributed by atoms with Crippen molar-refractivity contribution in [2.75, 3.05) is 27.3 Å². The van der Waals surface area contributed by atoms with Gasteiger partial charge in [-0.05, 0) is 6.42 Å². The Bertz CT molecular complexity index is 302. The van der Waals surface area contributed by atoms with Gasteiger partial charge in [0.05, 0.1) is 6.67 Å². The molecule has 0 aromatic rings. The van der Waals surface area contributed by atoms with Gasteiger partial charge in [-0.3, -0.25) is 4.90 Å². The third kappa shape index (κ3) is 6.31. The molecular formula is C16H31N3O. The molecule has 0 fully saturated rings. The number of carbonyl (C=O) groups excluding carboxylic acids is 1. The summed E-state index contributed by atoms with van der Waals surface area (Å²) in [6.45, 7) is 4.02. The van der Waals surface area contributed by atoms with Gasteiger partial charge in [-0.15, -0.1) is 0 Å². The Hall–Kier alpha value is -1.19. The Labute approximate surface area is 124 Å². The van der Waals surface area contributed by atoms with Gasteiger partial charge in [0.15, 0.2) is 0 Å². The van der Waals surface area contributed by atoms with Crippen molar-refractivity contribution in [2.24, 2.45) is 0 Å². The van der Waals surface area contributed by atoms with Crippen LogP contribution in [0.2, 0.25) is 0 Å². The lowest BCUT2D eigenvalue weighted by molar-refractivity contribution is 0.177. The maximum Gasteiger partial charge on any atom is 0.325 e. The van der Waals surface area contributed by atoms with E-state index < -0.39 is 0 Å². The number of amides is 2. The van der Waals surface area contributed by atoms with Gasteiger partial charge in [-0.25, -0.2) is 4.79 Å². The van der Waals surface area contributed by atoms with Crippen LogP contribution in [0.25, 0.3) is 0 Å². The minimum absolute atomic E-state index is 0.0553. The Kier molecular flexibility index (Phi) is 8.16. The molecule has 0 atom stereocenters. The molecule has 0 spiro atoms. The van der Waals surface area contributed by atoms with Gasteiger partial charge >= 0.3 is 6.03 Å². The summed E-state index contributed by atoms with van der Waals surface area (Å²) in [4.78, 5) is 17.4. The lowest BCUT2D eigenvalue weighted by atomic mass is 10.1. The van der Waals surface area contributed by atoms with Crippen LogP contribution in [0.15, 0.2) is 12.4 Å². The Morgan fingerprint density at radius 1 is 1.00 bits per heavy atom. The molecule has 4 nitrogen and oxygen atoms in total. The quantitative estimate of drug-likeness (QED) is 0.600. The molecule has 116 valence electrons. The number of carbonyl (C=O) groups is 1. The van der Waals surface area contributed by atoms with E-state index in [4.69, 9.17) is 0 Å². The fourth-order valence-corrected chi connectivity index (χ4v) is 2.44. The van der Waals surface area contributed by atoms with Crippen LogP contribution >= 0.6 is 0 Å². The van der Waals surface area contributed by atoms with E-state index in [9.17, 15) is 4.79 Å². The lowest BCUT2D eigenvalue weighted by Crippen LogP contribution is -2.37. The van der Waals surface area contributed by atoms with Crippen LogP contribution < -0.4 is 0 Å². The molecule has 0 bridgehead atoms. The van der Waals surface area contributed by atoms with Gasteiger partial charge in [0.25, 0.3) is 0 Å². The van der Waals surface area contributed by atoms with Gasteiger partial charge in [0.1, 0.15) is 0 Å². The van der Waals surface area contributed by atoms with Crippen molar-refractivity contribution in [1.82, 2.24) is 14.7 Å². The average molecular weight is 281 g/mol. The smallest absolute Gasteiger partial charge is 0.325 e. The highest BCUT2D eigenvalue weighted by Crippen LogP contribution is 2.12. The molecule has 0 unspecified atom stereocenters. The summed E-state index contributed by atoms with van der Waals surface area (Å²) in [5.74, 6) is 0. The monoisotopic (exact) mass is 281 g/mol. The second-order valence-electron chi connectivity index (χ2n) is 5.87. The summed E-state index contributed by atoms with van der Waals surface area (Å²) in [6.07, 6.45) is 14.7. The van der Waals surface area contributed by atoms with Crippen molar-refractivity contribution < 1.29 is 4.79 Å². The van der Waals surface area contributed by atoms with Gasteiger partial charge in [-0.1, -0.05) is 51.9 Å². The molecule has 0 saturated heterocycles. The summed E-state index contributed by atoms with van der Waals surface area (Å²) >= 11 is 0. The maximum absolute atomic E-state index is 11.8. The number of unbranched alkanes of at least 4 members (excludes halogenated alkanes) is 7. The first-order valence-corrected chi connectivity index (χ1v) is 8.05. The van der Waals surface area contributed by atoms with Gasteiger partial charge in [0, 0.05) is 33.0 Å². The highest BCUT2D eigenvalue weighted by Gasteiger charge is 2.19. The van der Waals surface area contributed by atoms with E-state index in [0.717, 1.165) is 6.54 Å². The first-order chi connectivity index (χ1) is 9.65. The van der Waals surface area contributed by atoms with Gasteiger partial charge < -0.3 is 9.80 Å². The van der Waals surface area contributed by atoms with Crippen molar-refractivity contribution in [3.8, 4) is 0 Å². The normalized spacial score (nSPS) is 14.2. The molecule has 0 saturated carbocycles.